The summed E-state index contributed by atoms with van der Waals surface area (Å²) in [7, 11) is 4.19. The molecule has 0 radical (unpaired) electrons. The van der Waals surface area contributed by atoms with Crippen LogP contribution in [-0.4, -0.2) is 73.1 Å². The van der Waals surface area contributed by atoms with Gasteiger partial charge >= 0.3 is 0 Å². The van der Waals surface area contributed by atoms with Crippen LogP contribution in [0.2, 0.25) is 0 Å². The fourth-order valence-corrected chi connectivity index (χ4v) is 2.75. The van der Waals surface area contributed by atoms with Gasteiger partial charge in [-0.05, 0) is 36.7 Å². The van der Waals surface area contributed by atoms with E-state index in [1.54, 1.807) is 0 Å². The Labute approximate surface area is 126 Å². The molecule has 1 fully saturated rings. The molecular weight excluding hydrogens is 357 g/mol. The van der Waals surface area contributed by atoms with Gasteiger partial charge in [0.25, 0.3) is 5.56 Å². The van der Waals surface area contributed by atoms with Crippen LogP contribution in [0.4, 0.5) is 5.82 Å². The maximum absolute atomic E-state index is 11.6. The number of hydrogen-bond acceptors (Lipinski definition) is 5. The van der Waals surface area contributed by atoms with Crippen molar-refractivity contribution in [3.8, 4) is 0 Å². The van der Waals surface area contributed by atoms with E-state index in [9.17, 15) is 4.79 Å². The molecule has 7 heteroatoms. The van der Waals surface area contributed by atoms with Crippen LogP contribution in [0, 0.1) is 3.57 Å². The average molecular weight is 377 g/mol. The van der Waals surface area contributed by atoms with Gasteiger partial charge < -0.3 is 14.8 Å². The van der Waals surface area contributed by atoms with Crippen LogP contribution in [0.25, 0.3) is 0 Å². The highest BCUT2D eigenvalue weighted by Gasteiger charge is 2.20. The minimum atomic E-state index is -0.0550. The Morgan fingerprint density at radius 3 is 2.68 bits per heavy atom. The Morgan fingerprint density at radius 1 is 1.37 bits per heavy atom. The van der Waals surface area contributed by atoms with Crippen LogP contribution in [-0.2, 0) is 0 Å². The summed E-state index contributed by atoms with van der Waals surface area (Å²) < 4.78 is 0.682. The number of rotatable bonds is 4. The number of piperazine rings is 1. The number of likely N-dealkylation sites (N-methyl/N-ethyl adjacent to an activating group) is 1. The Balaban J connectivity index is 1.93. The maximum Gasteiger partial charge on any atom is 0.266 e. The van der Waals surface area contributed by atoms with Crippen LogP contribution in [0.5, 0.6) is 0 Å². The van der Waals surface area contributed by atoms with Crippen LogP contribution in [0.3, 0.4) is 0 Å². The first-order valence-electron chi connectivity index (χ1n) is 6.43. The van der Waals surface area contributed by atoms with Gasteiger partial charge in [0.05, 0.1) is 6.33 Å². The van der Waals surface area contributed by atoms with E-state index in [4.69, 9.17) is 0 Å². The van der Waals surface area contributed by atoms with Crippen LogP contribution < -0.4 is 10.5 Å². The molecule has 0 atom stereocenters. The van der Waals surface area contributed by atoms with Gasteiger partial charge in [0.2, 0.25) is 0 Å². The van der Waals surface area contributed by atoms with Crippen molar-refractivity contribution in [2.45, 2.75) is 0 Å². The summed E-state index contributed by atoms with van der Waals surface area (Å²) in [6, 6.07) is 0. The number of nitrogens with one attached hydrogen (secondary N) is 1. The molecule has 0 aromatic carbocycles. The van der Waals surface area contributed by atoms with Gasteiger partial charge in [0.1, 0.15) is 9.39 Å². The van der Waals surface area contributed by atoms with Crippen LogP contribution in [0.15, 0.2) is 11.1 Å². The summed E-state index contributed by atoms with van der Waals surface area (Å²) in [5, 5.41) is 0. The molecule has 0 unspecified atom stereocenters. The summed E-state index contributed by atoms with van der Waals surface area (Å²) in [6.45, 7) is 6.10. The molecule has 2 rings (SSSR count). The highest BCUT2D eigenvalue weighted by atomic mass is 127. The van der Waals surface area contributed by atoms with Gasteiger partial charge in [-0.1, -0.05) is 0 Å². The smallest absolute Gasteiger partial charge is 0.266 e. The van der Waals surface area contributed by atoms with E-state index in [0.29, 0.717) is 3.57 Å². The van der Waals surface area contributed by atoms with Gasteiger partial charge in [0.15, 0.2) is 0 Å². The van der Waals surface area contributed by atoms with Gasteiger partial charge in [0, 0.05) is 39.3 Å². The lowest BCUT2D eigenvalue weighted by molar-refractivity contribution is 0.229. The molecule has 0 spiro atoms. The van der Waals surface area contributed by atoms with E-state index in [0.717, 1.165) is 45.1 Å². The highest BCUT2D eigenvalue weighted by Crippen LogP contribution is 2.17. The van der Waals surface area contributed by atoms with Gasteiger partial charge in [-0.2, -0.15) is 0 Å². The van der Waals surface area contributed by atoms with Crippen molar-refractivity contribution in [2.24, 2.45) is 0 Å². The largest absolute Gasteiger partial charge is 0.353 e. The second-order valence-corrected chi connectivity index (χ2v) is 6.08. The first kappa shape index (κ1) is 14.7. The predicted molar refractivity (Wildman–Crippen MR) is 84.8 cm³/mol. The van der Waals surface area contributed by atoms with Crippen molar-refractivity contribution in [1.29, 1.82) is 0 Å². The Bertz CT molecular complexity index is 467. The van der Waals surface area contributed by atoms with Crippen LogP contribution in [0.1, 0.15) is 0 Å². The Hall–Kier alpha value is -0.670. The van der Waals surface area contributed by atoms with Gasteiger partial charge in [-0.3, -0.25) is 9.69 Å². The zero-order valence-corrected chi connectivity index (χ0v) is 13.6. The Kier molecular flexibility index (Phi) is 5.17. The second kappa shape index (κ2) is 6.67. The lowest BCUT2D eigenvalue weighted by atomic mass is 10.3. The molecule has 0 aliphatic carbocycles. The Morgan fingerprint density at radius 2 is 2.05 bits per heavy atom. The standard InChI is InChI=1S/C12H20IN5O/c1-16(2)3-4-17-5-7-18(8-6-17)11-10(13)12(19)15-9-14-11/h9H,3-8H2,1-2H3,(H,14,15,19). The third kappa shape index (κ3) is 3.90. The molecule has 6 nitrogen and oxygen atoms in total. The summed E-state index contributed by atoms with van der Waals surface area (Å²) in [6.07, 6.45) is 1.48. The number of hydrogen-bond donors (Lipinski definition) is 1. The molecule has 1 aromatic heterocycles. The lowest BCUT2D eigenvalue weighted by Crippen LogP contribution is -2.48. The SMILES string of the molecule is CN(C)CCN1CCN(c2nc[nH]c(=O)c2I)CC1. The molecule has 0 bridgehead atoms. The summed E-state index contributed by atoms with van der Waals surface area (Å²) in [5.41, 5.74) is -0.0550. The zero-order valence-electron chi connectivity index (χ0n) is 11.4. The molecule has 1 N–H and O–H groups in total. The van der Waals surface area contributed by atoms with Crippen molar-refractivity contribution in [3.63, 3.8) is 0 Å². The summed E-state index contributed by atoms with van der Waals surface area (Å²) in [5.74, 6) is 0.816. The summed E-state index contributed by atoms with van der Waals surface area (Å²) in [4.78, 5) is 25.3. The number of H-pyrrole nitrogens is 1. The van der Waals surface area contributed by atoms with E-state index < -0.39 is 0 Å². The molecular formula is C12H20IN5O. The third-order valence-corrected chi connectivity index (χ3v) is 4.29. The van der Waals surface area contributed by atoms with E-state index in [-0.39, 0.29) is 5.56 Å². The average Bonchev–Trinajstić information content (AvgIpc) is 2.40. The molecule has 1 aliphatic heterocycles. The minimum absolute atomic E-state index is 0.0550. The van der Waals surface area contributed by atoms with Crippen molar-refractivity contribution >= 4 is 28.4 Å². The molecule has 0 saturated carbocycles. The number of nitrogens with zero attached hydrogens (tertiary/aromatic N) is 4. The van der Waals surface area contributed by atoms with Crippen molar-refractivity contribution in [2.75, 3.05) is 58.3 Å². The minimum Gasteiger partial charge on any atom is -0.353 e. The number of aromatic nitrogens is 2. The molecule has 1 saturated heterocycles. The highest BCUT2D eigenvalue weighted by molar-refractivity contribution is 14.1. The van der Waals surface area contributed by atoms with Crippen molar-refractivity contribution < 1.29 is 0 Å². The quantitative estimate of drug-likeness (QED) is 0.753. The van der Waals surface area contributed by atoms with E-state index >= 15 is 0 Å². The van der Waals surface area contributed by atoms with Gasteiger partial charge in [-0.15, -0.1) is 0 Å². The number of aromatic amines is 1. The maximum atomic E-state index is 11.6. The third-order valence-electron chi connectivity index (χ3n) is 3.31. The predicted octanol–water partition coefficient (Wildman–Crippen LogP) is 0.0581. The molecule has 1 aliphatic rings. The topological polar surface area (TPSA) is 55.5 Å². The fourth-order valence-electron chi connectivity index (χ4n) is 2.12. The fraction of sp³-hybridized carbons (Fsp3) is 0.667. The number of halogens is 1. The van der Waals surface area contributed by atoms with Crippen LogP contribution >= 0.6 is 22.6 Å². The monoisotopic (exact) mass is 377 g/mol. The second-order valence-electron chi connectivity index (χ2n) is 5.00. The van der Waals surface area contributed by atoms with E-state index in [1.165, 1.54) is 6.33 Å². The van der Waals surface area contributed by atoms with E-state index in [1.807, 2.05) is 0 Å². The van der Waals surface area contributed by atoms with Crippen molar-refractivity contribution in [3.05, 3.63) is 20.3 Å². The number of anilines is 1. The first-order chi connectivity index (χ1) is 9.08. The normalized spacial score (nSPS) is 17.2. The van der Waals surface area contributed by atoms with Gasteiger partial charge in [-0.25, -0.2) is 4.98 Å². The lowest BCUT2D eigenvalue weighted by Gasteiger charge is -2.36. The van der Waals surface area contributed by atoms with E-state index in [2.05, 4.69) is 61.4 Å². The zero-order chi connectivity index (χ0) is 13.8. The molecule has 2 heterocycles. The molecule has 1 aromatic rings. The molecule has 19 heavy (non-hydrogen) atoms. The first-order valence-corrected chi connectivity index (χ1v) is 7.51. The summed E-state index contributed by atoms with van der Waals surface area (Å²) >= 11 is 2.07. The molecule has 106 valence electrons. The molecule has 0 amide bonds. The van der Waals surface area contributed by atoms with Crippen molar-refractivity contribution in [1.82, 2.24) is 19.8 Å².